The van der Waals surface area contributed by atoms with Gasteiger partial charge in [-0.15, -0.1) is 10.2 Å². The SMILES string of the molecule is COc1ccc(Cl)cc1Nc1ccc(NC(=O)c2ccccc2OC)nn1. The van der Waals surface area contributed by atoms with E-state index in [9.17, 15) is 4.79 Å². The number of benzene rings is 2. The van der Waals surface area contributed by atoms with Crippen molar-refractivity contribution < 1.29 is 14.3 Å². The predicted octanol–water partition coefficient (Wildman–Crippen LogP) is 4.14. The van der Waals surface area contributed by atoms with E-state index in [0.717, 1.165) is 0 Å². The van der Waals surface area contributed by atoms with Gasteiger partial charge < -0.3 is 20.1 Å². The minimum absolute atomic E-state index is 0.314. The lowest BCUT2D eigenvalue weighted by atomic mass is 10.2. The molecule has 2 N–H and O–H groups in total. The minimum atomic E-state index is -0.334. The van der Waals surface area contributed by atoms with E-state index in [1.165, 1.54) is 7.11 Å². The Kier molecular flexibility index (Phi) is 5.73. The molecular weight excluding hydrogens is 368 g/mol. The number of hydrogen-bond acceptors (Lipinski definition) is 6. The average Bonchev–Trinajstić information content (AvgIpc) is 2.69. The second-order valence-electron chi connectivity index (χ2n) is 5.43. The van der Waals surface area contributed by atoms with Gasteiger partial charge in [0.1, 0.15) is 11.5 Å². The molecule has 1 amide bonds. The second kappa shape index (κ2) is 8.37. The van der Waals surface area contributed by atoms with E-state index in [1.54, 1.807) is 61.7 Å². The topological polar surface area (TPSA) is 85.4 Å². The summed E-state index contributed by atoms with van der Waals surface area (Å²) < 4.78 is 10.5. The maximum absolute atomic E-state index is 12.4. The van der Waals surface area contributed by atoms with Gasteiger partial charge in [-0.05, 0) is 42.5 Å². The number of carbonyl (C=O) groups excluding carboxylic acids is 1. The number of nitrogens with zero attached hydrogens (tertiary/aromatic N) is 2. The summed E-state index contributed by atoms with van der Waals surface area (Å²) in [6.45, 7) is 0. The van der Waals surface area contributed by atoms with Gasteiger partial charge in [0, 0.05) is 5.02 Å². The van der Waals surface area contributed by atoms with E-state index >= 15 is 0 Å². The predicted molar refractivity (Wildman–Crippen MR) is 104 cm³/mol. The largest absolute Gasteiger partial charge is 0.496 e. The molecule has 0 bridgehead atoms. The number of halogens is 1. The van der Waals surface area contributed by atoms with E-state index < -0.39 is 0 Å². The van der Waals surface area contributed by atoms with Crippen LogP contribution in [-0.2, 0) is 0 Å². The van der Waals surface area contributed by atoms with Crippen LogP contribution in [-0.4, -0.2) is 30.3 Å². The molecular formula is C19H17ClN4O3. The van der Waals surface area contributed by atoms with Crippen LogP contribution in [0.25, 0.3) is 0 Å². The summed E-state index contributed by atoms with van der Waals surface area (Å²) in [5.41, 5.74) is 1.07. The first-order valence-electron chi connectivity index (χ1n) is 7.99. The maximum atomic E-state index is 12.4. The summed E-state index contributed by atoms with van der Waals surface area (Å²) in [6, 6.07) is 15.5. The zero-order valence-corrected chi connectivity index (χ0v) is 15.4. The van der Waals surface area contributed by atoms with Crippen molar-refractivity contribution in [2.24, 2.45) is 0 Å². The molecule has 0 unspecified atom stereocenters. The smallest absolute Gasteiger partial charge is 0.260 e. The fourth-order valence-electron chi connectivity index (χ4n) is 2.40. The van der Waals surface area contributed by atoms with Gasteiger partial charge in [0.05, 0.1) is 25.5 Å². The van der Waals surface area contributed by atoms with Crippen LogP contribution in [0.5, 0.6) is 11.5 Å². The molecule has 0 aliphatic heterocycles. The molecule has 7 nitrogen and oxygen atoms in total. The first-order chi connectivity index (χ1) is 13.1. The standard InChI is InChI=1S/C19H17ClN4O3/c1-26-15-6-4-3-5-13(15)19(25)22-18-10-9-17(23-24-18)21-14-11-12(20)7-8-16(14)27-2/h3-11H,1-2H3,(H,21,23)(H,22,24,25). The quantitative estimate of drug-likeness (QED) is 0.664. The molecule has 138 valence electrons. The molecule has 0 fully saturated rings. The molecule has 0 atom stereocenters. The van der Waals surface area contributed by atoms with Gasteiger partial charge in [-0.25, -0.2) is 0 Å². The van der Waals surface area contributed by atoms with E-state index in [2.05, 4.69) is 20.8 Å². The van der Waals surface area contributed by atoms with Gasteiger partial charge in [-0.1, -0.05) is 23.7 Å². The molecule has 0 radical (unpaired) electrons. The van der Waals surface area contributed by atoms with Gasteiger partial charge in [0.2, 0.25) is 0 Å². The van der Waals surface area contributed by atoms with Crippen molar-refractivity contribution >= 4 is 34.8 Å². The number of methoxy groups -OCH3 is 2. The number of para-hydroxylation sites is 1. The Labute approximate surface area is 161 Å². The molecule has 3 aromatic rings. The average molecular weight is 385 g/mol. The molecule has 3 rings (SSSR count). The Morgan fingerprint density at radius 3 is 2.33 bits per heavy atom. The van der Waals surface area contributed by atoms with E-state index in [1.807, 2.05) is 0 Å². The number of aromatic nitrogens is 2. The monoisotopic (exact) mass is 384 g/mol. The highest BCUT2D eigenvalue weighted by Crippen LogP contribution is 2.30. The number of amides is 1. The highest BCUT2D eigenvalue weighted by Gasteiger charge is 2.12. The normalized spacial score (nSPS) is 10.2. The minimum Gasteiger partial charge on any atom is -0.496 e. The lowest BCUT2D eigenvalue weighted by molar-refractivity contribution is 0.102. The van der Waals surface area contributed by atoms with Crippen molar-refractivity contribution in [2.75, 3.05) is 24.9 Å². The van der Waals surface area contributed by atoms with Gasteiger partial charge in [-0.2, -0.15) is 0 Å². The van der Waals surface area contributed by atoms with Gasteiger partial charge in [0.25, 0.3) is 5.91 Å². The molecule has 0 aliphatic carbocycles. The van der Waals surface area contributed by atoms with Gasteiger partial charge in [-0.3, -0.25) is 4.79 Å². The number of nitrogens with one attached hydrogen (secondary N) is 2. The van der Waals surface area contributed by atoms with Gasteiger partial charge in [0.15, 0.2) is 11.6 Å². The Hall–Kier alpha value is -3.32. The number of hydrogen-bond donors (Lipinski definition) is 2. The molecule has 0 saturated heterocycles. The Morgan fingerprint density at radius 2 is 1.63 bits per heavy atom. The summed E-state index contributed by atoms with van der Waals surface area (Å²) in [5.74, 6) is 1.56. The second-order valence-corrected chi connectivity index (χ2v) is 5.86. The molecule has 1 aromatic heterocycles. The molecule has 27 heavy (non-hydrogen) atoms. The summed E-state index contributed by atoms with van der Waals surface area (Å²) >= 11 is 6.02. The summed E-state index contributed by atoms with van der Waals surface area (Å²) in [6.07, 6.45) is 0. The summed E-state index contributed by atoms with van der Waals surface area (Å²) in [5, 5.41) is 14.4. The van der Waals surface area contributed by atoms with Crippen molar-refractivity contribution in [1.82, 2.24) is 10.2 Å². The molecule has 0 saturated carbocycles. The highest BCUT2D eigenvalue weighted by atomic mass is 35.5. The lowest BCUT2D eigenvalue weighted by Crippen LogP contribution is -2.14. The zero-order valence-electron chi connectivity index (χ0n) is 14.7. The maximum Gasteiger partial charge on any atom is 0.260 e. The van der Waals surface area contributed by atoms with Crippen LogP contribution in [0, 0.1) is 0 Å². The zero-order chi connectivity index (χ0) is 19.2. The number of ether oxygens (including phenoxy) is 2. The molecule has 1 heterocycles. The number of carbonyl (C=O) groups is 1. The van der Waals surface area contributed by atoms with Crippen LogP contribution in [0.4, 0.5) is 17.3 Å². The Balaban J connectivity index is 1.72. The van der Waals surface area contributed by atoms with Crippen LogP contribution in [0.2, 0.25) is 5.02 Å². The van der Waals surface area contributed by atoms with Gasteiger partial charge >= 0.3 is 0 Å². The van der Waals surface area contributed by atoms with E-state index in [0.29, 0.717) is 39.4 Å². The van der Waals surface area contributed by atoms with Crippen LogP contribution < -0.4 is 20.1 Å². The first-order valence-corrected chi connectivity index (χ1v) is 8.37. The van der Waals surface area contributed by atoms with Crippen LogP contribution >= 0.6 is 11.6 Å². The van der Waals surface area contributed by atoms with Crippen LogP contribution in [0.3, 0.4) is 0 Å². The third kappa shape index (κ3) is 4.45. The lowest BCUT2D eigenvalue weighted by Gasteiger charge is -2.11. The van der Waals surface area contributed by atoms with Crippen LogP contribution in [0.15, 0.2) is 54.6 Å². The van der Waals surface area contributed by atoms with Crippen molar-refractivity contribution in [2.45, 2.75) is 0 Å². The van der Waals surface area contributed by atoms with E-state index in [4.69, 9.17) is 21.1 Å². The van der Waals surface area contributed by atoms with Crippen molar-refractivity contribution in [3.8, 4) is 11.5 Å². The fourth-order valence-corrected chi connectivity index (χ4v) is 2.57. The summed E-state index contributed by atoms with van der Waals surface area (Å²) in [7, 11) is 3.08. The van der Waals surface area contributed by atoms with E-state index in [-0.39, 0.29) is 5.91 Å². The van der Waals surface area contributed by atoms with Crippen molar-refractivity contribution in [3.63, 3.8) is 0 Å². The summed E-state index contributed by atoms with van der Waals surface area (Å²) in [4.78, 5) is 12.4. The first kappa shape index (κ1) is 18.5. The molecule has 2 aromatic carbocycles. The third-order valence-electron chi connectivity index (χ3n) is 3.68. The molecule has 8 heteroatoms. The highest BCUT2D eigenvalue weighted by molar-refractivity contribution is 6.31. The fraction of sp³-hybridized carbons (Fsp3) is 0.105. The third-order valence-corrected chi connectivity index (χ3v) is 3.92. The molecule has 0 aliphatic rings. The van der Waals surface area contributed by atoms with Crippen molar-refractivity contribution in [1.29, 1.82) is 0 Å². The number of rotatable bonds is 6. The Morgan fingerprint density at radius 1 is 0.926 bits per heavy atom. The van der Waals surface area contributed by atoms with Crippen LogP contribution in [0.1, 0.15) is 10.4 Å². The van der Waals surface area contributed by atoms with Crippen molar-refractivity contribution in [3.05, 3.63) is 65.2 Å². The number of anilines is 3. The molecule has 0 spiro atoms. The Bertz CT molecular complexity index is 948.